The lowest BCUT2D eigenvalue weighted by atomic mass is 10.0. The first-order chi connectivity index (χ1) is 9.98. The van der Waals surface area contributed by atoms with Crippen molar-refractivity contribution in [1.29, 1.82) is 0 Å². The molecule has 1 aromatic carbocycles. The molecule has 0 aliphatic carbocycles. The lowest BCUT2D eigenvalue weighted by Crippen LogP contribution is -2.50. The van der Waals surface area contributed by atoms with E-state index in [9.17, 15) is 4.79 Å². The number of ether oxygens (including phenoxy) is 1. The van der Waals surface area contributed by atoms with E-state index in [-0.39, 0.29) is 0 Å². The molecule has 0 saturated carbocycles. The standard InChI is InChI=1S/C16H22N2O3/c1-3-4-13-9-12(5-6-14(13)21-2)10-18-8-7-16(17,11-18)15(19)20/h3,5-6,9H,1,4,7-8,10-11,17H2,2H3,(H,19,20)/t16-/m1/s1. The Morgan fingerprint density at radius 1 is 1.62 bits per heavy atom. The van der Waals surface area contributed by atoms with Gasteiger partial charge in [-0.25, -0.2) is 0 Å². The highest BCUT2D eigenvalue weighted by atomic mass is 16.5. The first kappa shape index (κ1) is 15.5. The quantitative estimate of drug-likeness (QED) is 0.775. The van der Waals surface area contributed by atoms with Crippen LogP contribution in [0.1, 0.15) is 17.5 Å². The largest absolute Gasteiger partial charge is 0.496 e. The predicted octanol–water partition coefficient (Wildman–Crippen LogP) is 1.41. The number of hydrogen-bond acceptors (Lipinski definition) is 4. The molecule has 1 heterocycles. The van der Waals surface area contributed by atoms with Gasteiger partial charge in [0.1, 0.15) is 11.3 Å². The van der Waals surface area contributed by atoms with Gasteiger partial charge in [0.15, 0.2) is 0 Å². The number of benzene rings is 1. The third-order valence-electron chi connectivity index (χ3n) is 3.92. The van der Waals surface area contributed by atoms with Crippen LogP contribution in [0.4, 0.5) is 0 Å². The first-order valence-corrected chi connectivity index (χ1v) is 7.00. The Labute approximate surface area is 125 Å². The maximum atomic E-state index is 11.2. The van der Waals surface area contributed by atoms with Crippen LogP contribution in [0, 0.1) is 0 Å². The summed E-state index contributed by atoms with van der Waals surface area (Å²) >= 11 is 0. The average Bonchev–Trinajstić information content (AvgIpc) is 2.82. The molecule has 1 saturated heterocycles. The van der Waals surface area contributed by atoms with E-state index in [0.29, 0.717) is 26.1 Å². The molecule has 0 bridgehead atoms. The van der Waals surface area contributed by atoms with Gasteiger partial charge in [-0.05, 0) is 30.0 Å². The number of carboxylic acids is 1. The Morgan fingerprint density at radius 2 is 2.38 bits per heavy atom. The maximum absolute atomic E-state index is 11.2. The fraction of sp³-hybridized carbons (Fsp3) is 0.438. The summed E-state index contributed by atoms with van der Waals surface area (Å²) in [6, 6.07) is 6.03. The van der Waals surface area contributed by atoms with E-state index in [4.69, 9.17) is 15.6 Å². The van der Waals surface area contributed by atoms with Crippen LogP contribution >= 0.6 is 0 Å². The van der Waals surface area contributed by atoms with Crippen LogP contribution < -0.4 is 10.5 Å². The summed E-state index contributed by atoms with van der Waals surface area (Å²) in [5, 5.41) is 9.16. The molecule has 114 valence electrons. The van der Waals surface area contributed by atoms with Gasteiger partial charge in [0.25, 0.3) is 0 Å². The van der Waals surface area contributed by atoms with Crippen LogP contribution in [0.25, 0.3) is 0 Å². The number of rotatable bonds is 6. The highest BCUT2D eigenvalue weighted by Gasteiger charge is 2.41. The molecule has 5 heteroatoms. The molecule has 1 fully saturated rings. The number of allylic oxidation sites excluding steroid dienone is 1. The van der Waals surface area contributed by atoms with Crippen molar-refractivity contribution in [2.24, 2.45) is 5.73 Å². The summed E-state index contributed by atoms with van der Waals surface area (Å²) in [6.45, 7) is 5.53. The third kappa shape index (κ3) is 3.43. The van der Waals surface area contributed by atoms with Crippen LogP contribution in [-0.4, -0.2) is 41.7 Å². The molecule has 0 aromatic heterocycles. The van der Waals surface area contributed by atoms with Crippen LogP contribution in [0.5, 0.6) is 5.75 Å². The van der Waals surface area contributed by atoms with Crippen LogP contribution in [-0.2, 0) is 17.8 Å². The van der Waals surface area contributed by atoms with Gasteiger partial charge >= 0.3 is 5.97 Å². The van der Waals surface area contributed by atoms with E-state index >= 15 is 0 Å². The number of nitrogens with zero attached hydrogens (tertiary/aromatic N) is 1. The third-order valence-corrected chi connectivity index (χ3v) is 3.92. The SMILES string of the molecule is C=CCc1cc(CN2CC[C@](N)(C(=O)O)C2)ccc1OC. The second kappa shape index (κ2) is 6.28. The molecule has 1 atom stereocenters. The lowest BCUT2D eigenvalue weighted by Gasteiger charge is -2.20. The maximum Gasteiger partial charge on any atom is 0.325 e. The monoisotopic (exact) mass is 290 g/mol. The summed E-state index contributed by atoms with van der Waals surface area (Å²) in [6.07, 6.45) is 3.07. The van der Waals surface area contributed by atoms with Gasteiger partial charge in [0.2, 0.25) is 0 Å². The highest BCUT2D eigenvalue weighted by Crippen LogP contribution is 2.24. The van der Waals surface area contributed by atoms with Crippen molar-refractivity contribution >= 4 is 5.97 Å². The fourth-order valence-corrected chi connectivity index (χ4v) is 2.73. The Morgan fingerprint density at radius 3 is 2.95 bits per heavy atom. The first-order valence-electron chi connectivity index (χ1n) is 7.00. The summed E-state index contributed by atoms with van der Waals surface area (Å²) < 4.78 is 5.33. The van der Waals surface area contributed by atoms with Gasteiger partial charge in [-0.3, -0.25) is 9.69 Å². The van der Waals surface area contributed by atoms with Crippen LogP contribution in [0.15, 0.2) is 30.9 Å². The van der Waals surface area contributed by atoms with E-state index in [1.165, 1.54) is 0 Å². The van der Waals surface area contributed by atoms with Gasteiger partial charge in [0.05, 0.1) is 7.11 Å². The number of likely N-dealkylation sites (tertiary alicyclic amines) is 1. The number of methoxy groups -OCH3 is 1. The van der Waals surface area contributed by atoms with E-state index in [2.05, 4.69) is 17.5 Å². The molecule has 2 rings (SSSR count). The number of carbonyl (C=O) groups is 1. The zero-order valence-corrected chi connectivity index (χ0v) is 12.3. The van der Waals surface area contributed by atoms with Crippen molar-refractivity contribution in [3.8, 4) is 5.75 Å². The van der Waals surface area contributed by atoms with Crippen molar-refractivity contribution in [2.45, 2.75) is 24.9 Å². The van der Waals surface area contributed by atoms with Gasteiger partial charge in [-0.15, -0.1) is 6.58 Å². The molecule has 0 amide bonds. The summed E-state index contributed by atoms with van der Waals surface area (Å²) in [5.41, 5.74) is 6.99. The van der Waals surface area contributed by atoms with Crippen molar-refractivity contribution in [2.75, 3.05) is 20.2 Å². The van der Waals surface area contributed by atoms with Gasteiger partial charge < -0.3 is 15.6 Å². The van der Waals surface area contributed by atoms with Crippen molar-refractivity contribution in [1.82, 2.24) is 4.90 Å². The molecule has 1 aromatic rings. The second-order valence-electron chi connectivity index (χ2n) is 5.56. The van der Waals surface area contributed by atoms with Crippen molar-refractivity contribution in [3.63, 3.8) is 0 Å². The molecule has 21 heavy (non-hydrogen) atoms. The Hall–Kier alpha value is -1.85. The molecular formula is C16H22N2O3. The molecule has 0 unspecified atom stereocenters. The zero-order valence-electron chi connectivity index (χ0n) is 12.3. The number of hydrogen-bond donors (Lipinski definition) is 2. The molecule has 5 nitrogen and oxygen atoms in total. The minimum Gasteiger partial charge on any atom is -0.496 e. The Balaban J connectivity index is 2.09. The summed E-state index contributed by atoms with van der Waals surface area (Å²) in [5.74, 6) is -0.0779. The minimum absolute atomic E-state index is 0.380. The van der Waals surface area contributed by atoms with Gasteiger partial charge in [0, 0.05) is 19.6 Å². The Kier molecular flexibility index (Phi) is 4.65. The van der Waals surface area contributed by atoms with Gasteiger partial charge in [-0.2, -0.15) is 0 Å². The number of aliphatic carboxylic acids is 1. The van der Waals surface area contributed by atoms with E-state index < -0.39 is 11.5 Å². The van der Waals surface area contributed by atoms with Crippen LogP contribution in [0.2, 0.25) is 0 Å². The van der Waals surface area contributed by atoms with Gasteiger partial charge in [-0.1, -0.05) is 18.2 Å². The summed E-state index contributed by atoms with van der Waals surface area (Å²) in [4.78, 5) is 13.2. The van der Waals surface area contributed by atoms with Crippen molar-refractivity contribution < 1.29 is 14.6 Å². The summed E-state index contributed by atoms with van der Waals surface area (Å²) in [7, 11) is 1.65. The van der Waals surface area contributed by atoms with E-state index in [1.54, 1.807) is 7.11 Å². The number of nitrogens with two attached hydrogens (primary N) is 1. The average molecular weight is 290 g/mol. The van der Waals surface area contributed by atoms with Crippen LogP contribution in [0.3, 0.4) is 0 Å². The topological polar surface area (TPSA) is 75.8 Å². The Bertz CT molecular complexity index is 544. The molecular weight excluding hydrogens is 268 g/mol. The highest BCUT2D eigenvalue weighted by molar-refractivity contribution is 5.79. The number of carboxylic acid groups (broad SMARTS) is 1. The minimum atomic E-state index is -1.11. The molecule has 3 N–H and O–H groups in total. The zero-order chi connectivity index (χ0) is 15.5. The van der Waals surface area contributed by atoms with Crippen molar-refractivity contribution in [3.05, 3.63) is 42.0 Å². The van der Waals surface area contributed by atoms with E-state index in [0.717, 1.165) is 23.3 Å². The predicted molar refractivity (Wildman–Crippen MR) is 81.3 cm³/mol. The molecule has 1 aliphatic heterocycles. The lowest BCUT2D eigenvalue weighted by molar-refractivity contribution is -0.142. The molecule has 1 aliphatic rings. The second-order valence-corrected chi connectivity index (χ2v) is 5.56. The fourth-order valence-electron chi connectivity index (χ4n) is 2.73. The molecule has 0 radical (unpaired) electrons. The normalized spacial score (nSPS) is 22.2. The molecule has 0 spiro atoms. The van der Waals surface area contributed by atoms with E-state index in [1.807, 2.05) is 18.2 Å². The smallest absolute Gasteiger partial charge is 0.325 e.